The monoisotopic (exact) mass is 1130 g/mol. The third-order valence-corrected chi connectivity index (χ3v) is 22.6. The molecule has 0 heterocycles. The second kappa shape index (κ2) is 18.4. The summed E-state index contributed by atoms with van der Waals surface area (Å²) < 4.78 is 0. The van der Waals surface area contributed by atoms with E-state index in [-0.39, 0.29) is 21.7 Å². The second-order valence-electron chi connectivity index (χ2n) is 28.6. The zero-order chi connectivity index (χ0) is 60.2. The molecule has 13 aromatic rings. The lowest BCUT2D eigenvalue weighted by molar-refractivity contribution is 0.659. The number of rotatable bonds is 8. The van der Waals surface area contributed by atoms with Crippen LogP contribution in [0.25, 0.3) is 132 Å². The number of benzene rings is 13. The molecular weight excluding hydrogens is 1060 g/mol. The smallest absolute Gasteiger partial charge is 0.0159 e. The molecule has 13 aromatic carbocycles. The van der Waals surface area contributed by atoms with E-state index in [0.717, 1.165) is 25.7 Å². The highest BCUT2D eigenvalue weighted by molar-refractivity contribution is 6.35. The van der Waals surface area contributed by atoms with Crippen molar-refractivity contribution in [1.82, 2.24) is 0 Å². The predicted molar refractivity (Wildman–Crippen MR) is 377 cm³/mol. The first kappa shape index (κ1) is 53.4. The van der Waals surface area contributed by atoms with Gasteiger partial charge in [0.15, 0.2) is 0 Å². The molecule has 0 saturated carbocycles. The quantitative estimate of drug-likeness (QED) is 0.105. The van der Waals surface area contributed by atoms with Crippen LogP contribution in [0, 0.1) is 0 Å². The van der Waals surface area contributed by atoms with Crippen molar-refractivity contribution in [1.29, 1.82) is 0 Å². The summed E-state index contributed by atoms with van der Waals surface area (Å²) in [6.07, 6.45) is 4.07. The van der Waals surface area contributed by atoms with Gasteiger partial charge < -0.3 is 0 Å². The number of fused-ring (bicyclic) bond motifs is 14. The van der Waals surface area contributed by atoms with Gasteiger partial charge in [-0.3, -0.25) is 0 Å². The van der Waals surface area contributed by atoms with E-state index in [2.05, 4.69) is 277 Å². The molecule has 0 unspecified atom stereocenters. The fourth-order valence-electron chi connectivity index (χ4n) is 17.7. The largest absolute Gasteiger partial charge is 0.0613 e. The van der Waals surface area contributed by atoms with Crippen molar-refractivity contribution in [3.8, 4) is 89.0 Å². The van der Waals surface area contributed by atoms with Gasteiger partial charge in [-0.1, -0.05) is 229 Å². The highest BCUT2D eigenvalue weighted by atomic mass is 14.4. The lowest BCUT2D eigenvalue weighted by Crippen LogP contribution is -2.15. The molecule has 0 radical (unpaired) electrons. The first-order valence-corrected chi connectivity index (χ1v) is 32.8. The van der Waals surface area contributed by atoms with Crippen LogP contribution in [-0.4, -0.2) is 0 Å². The summed E-state index contributed by atoms with van der Waals surface area (Å²) in [5, 5.41) is 10.4. The molecule has 0 saturated heterocycles. The normalized spacial score (nSPS) is 15.6. The lowest BCUT2D eigenvalue weighted by Gasteiger charge is -2.23. The van der Waals surface area contributed by atoms with Crippen LogP contribution in [0.5, 0.6) is 0 Å². The summed E-state index contributed by atoms with van der Waals surface area (Å²) >= 11 is 0. The van der Waals surface area contributed by atoms with Crippen LogP contribution in [-0.2, 0) is 47.3 Å². The van der Waals surface area contributed by atoms with Gasteiger partial charge in [0, 0.05) is 21.7 Å². The Labute approximate surface area is 520 Å². The molecule has 428 valence electrons. The topological polar surface area (TPSA) is 0 Å². The van der Waals surface area contributed by atoms with E-state index in [0.29, 0.717) is 0 Å². The third-order valence-electron chi connectivity index (χ3n) is 22.6. The van der Waals surface area contributed by atoms with Gasteiger partial charge in [0.05, 0.1) is 0 Å². The van der Waals surface area contributed by atoms with Gasteiger partial charge in [-0.05, 0) is 273 Å². The molecule has 0 heteroatoms. The molecule has 4 aliphatic rings. The van der Waals surface area contributed by atoms with E-state index in [4.69, 9.17) is 0 Å². The van der Waals surface area contributed by atoms with Crippen molar-refractivity contribution >= 4 is 43.1 Å². The predicted octanol–water partition coefficient (Wildman–Crippen LogP) is 23.9. The van der Waals surface area contributed by atoms with Gasteiger partial charge in [-0.25, -0.2) is 0 Å². The Morgan fingerprint density at radius 2 is 0.455 bits per heavy atom. The van der Waals surface area contributed by atoms with Crippen LogP contribution in [0.15, 0.2) is 194 Å². The standard InChI is InChI=1S/C88H76/c1-13-49-29-33-63-75(37-49)85(5,6)71-25-17-21-59(81(63)71)53-41-57-42-54(60-22-18-26-72-82(60)64-34-30-50(14-2)38-76(64)86(72,7)8)47-69-70-48-56(62-24-20-28-74-84(62)66-36-32-52(16-4)40-78(66)88(74,11)12)44-58-43-55(46-68(80(58)70)67(45-53)79(57)69)61-23-19-27-73-83(61)65-35-31-51(15-3)39-77(65)87(73,9)10/h17-48H,13-16H2,1-12H3. The molecule has 0 amide bonds. The van der Waals surface area contributed by atoms with Crippen LogP contribution < -0.4 is 0 Å². The lowest BCUT2D eigenvalue weighted by atomic mass is 9.80. The zero-order valence-electron chi connectivity index (χ0n) is 53.3. The summed E-state index contributed by atoms with van der Waals surface area (Å²) in [6, 6.07) is 78.4. The molecule has 0 bridgehead atoms. The molecule has 0 N–H and O–H groups in total. The summed E-state index contributed by atoms with van der Waals surface area (Å²) in [5.41, 5.74) is 37.5. The minimum absolute atomic E-state index is 0.138. The Morgan fingerprint density at radius 3 is 0.670 bits per heavy atom. The first-order chi connectivity index (χ1) is 42.4. The fraction of sp³-hybridized carbons (Fsp3) is 0.227. The Kier molecular flexibility index (Phi) is 11.1. The average molecular weight is 1130 g/mol. The van der Waals surface area contributed by atoms with Crippen LogP contribution in [0.2, 0.25) is 0 Å². The molecule has 88 heavy (non-hydrogen) atoms. The molecule has 17 rings (SSSR count). The van der Waals surface area contributed by atoms with Gasteiger partial charge in [-0.15, -0.1) is 0 Å². The van der Waals surface area contributed by atoms with Crippen molar-refractivity contribution in [3.05, 3.63) is 261 Å². The van der Waals surface area contributed by atoms with Crippen molar-refractivity contribution in [2.75, 3.05) is 0 Å². The zero-order valence-corrected chi connectivity index (χ0v) is 53.3. The number of hydrogen-bond donors (Lipinski definition) is 0. The summed E-state index contributed by atoms with van der Waals surface area (Å²) in [4.78, 5) is 0. The molecular formula is C88H76. The van der Waals surface area contributed by atoms with E-state index in [1.807, 2.05) is 0 Å². The second-order valence-corrected chi connectivity index (χ2v) is 28.6. The van der Waals surface area contributed by atoms with Crippen molar-refractivity contribution in [2.45, 2.75) is 130 Å². The Morgan fingerprint density at radius 1 is 0.227 bits per heavy atom. The highest BCUT2D eigenvalue weighted by Crippen LogP contribution is 2.59. The fourth-order valence-corrected chi connectivity index (χ4v) is 17.7. The minimum atomic E-state index is -0.138. The molecule has 0 nitrogen and oxygen atoms in total. The van der Waals surface area contributed by atoms with Crippen LogP contribution in [0.1, 0.15) is 150 Å². The van der Waals surface area contributed by atoms with Gasteiger partial charge in [0.1, 0.15) is 0 Å². The summed E-state index contributed by atoms with van der Waals surface area (Å²) in [6.45, 7) is 28.6. The number of aryl methyl sites for hydroxylation is 4. The Bertz CT molecular complexity index is 4590. The highest BCUT2D eigenvalue weighted by Gasteiger charge is 2.42. The maximum atomic E-state index is 2.60. The van der Waals surface area contributed by atoms with Crippen LogP contribution in [0.4, 0.5) is 0 Å². The minimum Gasteiger partial charge on any atom is -0.0613 e. The molecule has 0 aromatic heterocycles. The van der Waals surface area contributed by atoms with Crippen molar-refractivity contribution in [2.24, 2.45) is 0 Å². The average Bonchev–Trinajstić information content (AvgIpc) is 0.977. The van der Waals surface area contributed by atoms with Crippen LogP contribution in [0.3, 0.4) is 0 Å². The molecule has 0 fully saturated rings. The third kappa shape index (κ3) is 7.09. The van der Waals surface area contributed by atoms with Gasteiger partial charge in [0.25, 0.3) is 0 Å². The number of hydrogen-bond acceptors (Lipinski definition) is 0. The Hall–Kier alpha value is -8.84. The van der Waals surface area contributed by atoms with Gasteiger partial charge >= 0.3 is 0 Å². The summed E-state index contributed by atoms with van der Waals surface area (Å²) in [7, 11) is 0. The maximum absolute atomic E-state index is 2.60. The van der Waals surface area contributed by atoms with E-state index < -0.39 is 0 Å². The van der Waals surface area contributed by atoms with E-state index >= 15 is 0 Å². The van der Waals surface area contributed by atoms with Gasteiger partial charge in [-0.2, -0.15) is 0 Å². The molecule has 0 aliphatic heterocycles. The molecule has 0 atom stereocenters. The Balaban J connectivity index is 1.02. The van der Waals surface area contributed by atoms with Gasteiger partial charge in [0.2, 0.25) is 0 Å². The first-order valence-electron chi connectivity index (χ1n) is 32.8. The maximum Gasteiger partial charge on any atom is 0.0159 e. The SMILES string of the molecule is CCc1ccc2c(c1)C(C)(C)c1cccc(-c3cc4cc(-c5cccc6c5-c5ccc(CC)cc5C6(C)C)cc5c6cc(-c7cccc8c7-c7ccc(CC)cc7C8(C)C)cc7cc(-c8cccc9c8-c8ccc(CC)cc8C9(C)C)cc(c(c3)c45)c76)c1-2. The van der Waals surface area contributed by atoms with Crippen LogP contribution >= 0.6 is 0 Å². The summed E-state index contributed by atoms with van der Waals surface area (Å²) in [5.74, 6) is 0. The van der Waals surface area contributed by atoms with E-state index in [1.54, 1.807) is 0 Å². The van der Waals surface area contributed by atoms with E-state index in [1.165, 1.54) is 199 Å². The molecule has 4 aliphatic carbocycles. The molecule has 0 spiro atoms. The van der Waals surface area contributed by atoms with Crippen molar-refractivity contribution < 1.29 is 0 Å². The van der Waals surface area contributed by atoms with E-state index in [9.17, 15) is 0 Å². The van der Waals surface area contributed by atoms with Crippen molar-refractivity contribution in [3.63, 3.8) is 0 Å².